The molecule has 0 aliphatic carbocycles. The molecule has 6 heteroatoms. The highest BCUT2D eigenvalue weighted by atomic mass is 35.5. The Labute approximate surface area is 134 Å². The van der Waals surface area contributed by atoms with E-state index in [2.05, 4.69) is 12.2 Å². The Bertz CT molecular complexity index is 326. The fourth-order valence-corrected chi connectivity index (χ4v) is 2.79. The van der Waals surface area contributed by atoms with Gasteiger partial charge < -0.3 is 16.0 Å². The zero-order valence-electron chi connectivity index (χ0n) is 13.3. The molecule has 1 aliphatic rings. The van der Waals surface area contributed by atoms with Gasteiger partial charge in [-0.15, -0.1) is 12.4 Å². The molecule has 0 aromatic heterocycles. The molecule has 2 unspecified atom stereocenters. The topological polar surface area (TPSA) is 75.4 Å². The lowest BCUT2D eigenvalue weighted by atomic mass is 9.97. The summed E-state index contributed by atoms with van der Waals surface area (Å²) in [6.45, 7) is 5.86. The monoisotopic (exact) mass is 319 g/mol. The fraction of sp³-hybridized carbons (Fsp3) is 0.867. The number of carbonyl (C=O) groups excluding carboxylic acids is 2. The lowest BCUT2D eigenvalue weighted by Crippen LogP contribution is -2.51. The average molecular weight is 320 g/mol. The molecule has 1 rings (SSSR count). The van der Waals surface area contributed by atoms with Crippen molar-refractivity contribution in [1.82, 2.24) is 10.2 Å². The molecule has 0 radical (unpaired) electrons. The molecule has 3 N–H and O–H groups in total. The predicted molar refractivity (Wildman–Crippen MR) is 87.4 cm³/mol. The Kier molecular flexibility index (Phi) is 10.4. The third-order valence-electron chi connectivity index (χ3n) is 3.96. The molecule has 1 aliphatic heterocycles. The second kappa shape index (κ2) is 10.9. The zero-order chi connectivity index (χ0) is 15.0. The van der Waals surface area contributed by atoms with Gasteiger partial charge in [0.2, 0.25) is 11.8 Å². The lowest BCUT2D eigenvalue weighted by molar-refractivity contribution is -0.139. The normalized spacial score (nSPS) is 19.6. The summed E-state index contributed by atoms with van der Waals surface area (Å²) in [4.78, 5) is 25.9. The number of nitrogens with two attached hydrogens (primary N) is 1. The molecular formula is C15H30ClN3O2. The highest BCUT2D eigenvalue weighted by Crippen LogP contribution is 2.20. The maximum Gasteiger partial charge on any atom is 0.225 e. The molecule has 5 nitrogen and oxygen atoms in total. The van der Waals surface area contributed by atoms with Crippen molar-refractivity contribution in [3.05, 3.63) is 0 Å². The van der Waals surface area contributed by atoms with Gasteiger partial charge in [-0.2, -0.15) is 0 Å². The van der Waals surface area contributed by atoms with Crippen molar-refractivity contribution in [1.29, 1.82) is 0 Å². The maximum atomic E-state index is 12.5. The van der Waals surface area contributed by atoms with E-state index in [-0.39, 0.29) is 36.2 Å². The van der Waals surface area contributed by atoms with Gasteiger partial charge in [0, 0.05) is 38.0 Å². The zero-order valence-corrected chi connectivity index (χ0v) is 14.1. The van der Waals surface area contributed by atoms with Crippen LogP contribution in [0.5, 0.6) is 0 Å². The van der Waals surface area contributed by atoms with Crippen LogP contribution in [0.15, 0.2) is 0 Å². The molecular weight excluding hydrogens is 290 g/mol. The molecule has 0 spiro atoms. The Morgan fingerprint density at radius 1 is 1.38 bits per heavy atom. The fourth-order valence-electron chi connectivity index (χ4n) is 2.79. The Hall–Kier alpha value is -0.810. The first-order valence-corrected chi connectivity index (χ1v) is 7.87. The minimum Gasteiger partial charge on any atom is -0.354 e. The highest BCUT2D eigenvalue weighted by Gasteiger charge is 2.29. The van der Waals surface area contributed by atoms with Crippen LogP contribution in [0.2, 0.25) is 0 Å². The molecule has 2 atom stereocenters. The van der Waals surface area contributed by atoms with Crippen LogP contribution in [0.1, 0.15) is 52.4 Å². The molecule has 2 amide bonds. The van der Waals surface area contributed by atoms with Crippen LogP contribution < -0.4 is 11.1 Å². The third kappa shape index (κ3) is 6.66. The van der Waals surface area contributed by atoms with Crippen molar-refractivity contribution in [3.8, 4) is 0 Å². The number of halogens is 1. The minimum atomic E-state index is -0.0212. The van der Waals surface area contributed by atoms with Crippen molar-refractivity contribution in [2.75, 3.05) is 19.6 Å². The van der Waals surface area contributed by atoms with Gasteiger partial charge in [-0.1, -0.05) is 20.3 Å². The molecule has 0 saturated carbocycles. The van der Waals surface area contributed by atoms with E-state index in [0.717, 1.165) is 38.6 Å². The number of carbonyl (C=O) groups is 2. The van der Waals surface area contributed by atoms with Crippen molar-refractivity contribution >= 4 is 24.2 Å². The number of likely N-dealkylation sites (tertiary alicyclic amines) is 1. The van der Waals surface area contributed by atoms with Crippen LogP contribution in [-0.2, 0) is 9.59 Å². The molecule has 0 bridgehead atoms. The van der Waals surface area contributed by atoms with Gasteiger partial charge in [0.25, 0.3) is 0 Å². The summed E-state index contributed by atoms with van der Waals surface area (Å²) in [7, 11) is 0. The number of nitrogens with zero attached hydrogens (tertiary/aromatic N) is 1. The van der Waals surface area contributed by atoms with E-state index in [0.29, 0.717) is 19.5 Å². The summed E-state index contributed by atoms with van der Waals surface area (Å²) in [5.41, 5.74) is 5.36. The third-order valence-corrected chi connectivity index (χ3v) is 3.96. The van der Waals surface area contributed by atoms with E-state index in [9.17, 15) is 9.59 Å². The molecule has 1 saturated heterocycles. The SMILES string of the molecule is CCCC(C)C(=O)N1CCCCC1CNC(=O)CCN.Cl. The molecule has 0 aromatic carbocycles. The van der Waals surface area contributed by atoms with E-state index in [1.165, 1.54) is 0 Å². The van der Waals surface area contributed by atoms with E-state index in [1.54, 1.807) is 0 Å². The Morgan fingerprint density at radius 2 is 2.10 bits per heavy atom. The van der Waals surface area contributed by atoms with Gasteiger partial charge in [-0.3, -0.25) is 9.59 Å². The number of piperidine rings is 1. The Morgan fingerprint density at radius 3 is 2.71 bits per heavy atom. The average Bonchev–Trinajstić information content (AvgIpc) is 2.45. The van der Waals surface area contributed by atoms with Crippen molar-refractivity contribution in [3.63, 3.8) is 0 Å². The number of hydrogen-bond donors (Lipinski definition) is 2. The molecule has 0 aromatic rings. The van der Waals surface area contributed by atoms with Crippen LogP contribution in [0.4, 0.5) is 0 Å². The van der Waals surface area contributed by atoms with Crippen LogP contribution >= 0.6 is 12.4 Å². The van der Waals surface area contributed by atoms with Crippen molar-refractivity contribution in [2.45, 2.75) is 58.4 Å². The molecule has 21 heavy (non-hydrogen) atoms. The quantitative estimate of drug-likeness (QED) is 0.750. The van der Waals surface area contributed by atoms with E-state index in [4.69, 9.17) is 5.73 Å². The van der Waals surface area contributed by atoms with Gasteiger partial charge in [0.15, 0.2) is 0 Å². The second-order valence-electron chi connectivity index (χ2n) is 5.71. The van der Waals surface area contributed by atoms with Crippen LogP contribution in [-0.4, -0.2) is 42.4 Å². The summed E-state index contributed by atoms with van der Waals surface area (Å²) in [5, 5.41) is 2.90. The van der Waals surface area contributed by atoms with Crippen LogP contribution in [0.25, 0.3) is 0 Å². The number of amides is 2. The summed E-state index contributed by atoms with van der Waals surface area (Å²) < 4.78 is 0. The first kappa shape index (κ1) is 20.2. The summed E-state index contributed by atoms with van der Waals surface area (Å²) in [6, 6.07) is 0.150. The second-order valence-corrected chi connectivity index (χ2v) is 5.71. The smallest absolute Gasteiger partial charge is 0.225 e. The number of hydrogen-bond acceptors (Lipinski definition) is 3. The van der Waals surface area contributed by atoms with E-state index < -0.39 is 0 Å². The first-order valence-electron chi connectivity index (χ1n) is 7.87. The van der Waals surface area contributed by atoms with E-state index >= 15 is 0 Å². The molecule has 1 fully saturated rings. The molecule has 1 heterocycles. The summed E-state index contributed by atoms with van der Waals surface area (Å²) in [6.07, 6.45) is 5.49. The highest BCUT2D eigenvalue weighted by molar-refractivity contribution is 5.85. The van der Waals surface area contributed by atoms with Gasteiger partial charge in [-0.05, 0) is 25.7 Å². The van der Waals surface area contributed by atoms with Crippen molar-refractivity contribution in [2.24, 2.45) is 11.7 Å². The van der Waals surface area contributed by atoms with Gasteiger partial charge in [0.05, 0.1) is 0 Å². The lowest BCUT2D eigenvalue weighted by Gasteiger charge is -2.37. The minimum absolute atomic E-state index is 0. The summed E-state index contributed by atoms with van der Waals surface area (Å²) in [5.74, 6) is 0.303. The maximum absolute atomic E-state index is 12.5. The van der Waals surface area contributed by atoms with Gasteiger partial charge in [-0.25, -0.2) is 0 Å². The van der Waals surface area contributed by atoms with Gasteiger partial charge in [0.1, 0.15) is 0 Å². The Balaban J connectivity index is 0.00000400. The number of nitrogens with one attached hydrogen (secondary N) is 1. The van der Waals surface area contributed by atoms with Crippen LogP contribution in [0, 0.1) is 5.92 Å². The van der Waals surface area contributed by atoms with Crippen LogP contribution in [0.3, 0.4) is 0 Å². The number of rotatable bonds is 7. The van der Waals surface area contributed by atoms with Gasteiger partial charge >= 0.3 is 0 Å². The standard InChI is InChI=1S/C15H29N3O2.ClH/c1-3-6-12(2)15(20)18-10-5-4-7-13(18)11-17-14(19)8-9-16;/h12-13H,3-11,16H2,1-2H3,(H,17,19);1H. The molecule has 124 valence electrons. The summed E-state index contributed by atoms with van der Waals surface area (Å²) >= 11 is 0. The van der Waals surface area contributed by atoms with Crippen molar-refractivity contribution < 1.29 is 9.59 Å². The van der Waals surface area contributed by atoms with E-state index in [1.807, 2.05) is 11.8 Å². The largest absolute Gasteiger partial charge is 0.354 e. The first-order chi connectivity index (χ1) is 9.60. The predicted octanol–water partition coefficient (Wildman–Crippen LogP) is 1.69.